The number of carbonyl (C=O) groups is 1. The summed E-state index contributed by atoms with van der Waals surface area (Å²) in [6.45, 7) is 4.42. The van der Waals surface area contributed by atoms with Gasteiger partial charge in [-0.25, -0.2) is 0 Å². The summed E-state index contributed by atoms with van der Waals surface area (Å²) in [5.41, 5.74) is 3.51. The van der Waals surface area contributed by atoms with Gasteiger partial charge < -0.3 is 4.90 Å². The minimum atomic E-state index is 0.280. The first-order valence-electron chi connectivity index (χ1n) is 14.1. The van der Waals surface area contributed by atoms with Crippen molar-refractivity contribution in [2.75, 3.05) is 38.5 Å². The Kier molecular flexibility index (Phi) is 10.2. The quantitative estimate of drug-likeness (QED) is 0.160. The van der Waals surface area contributed by atoms with Gasteiger partial charge in [0.15, 0.2) is 5.16 Å². The van der Waals surface area contributed by atoms with Gasteiger partial charge in [-0.15, -0.1) is 10.2 Å². The Morgan fingerprint density at radius 2 is 1.48 bits per heavy atom. The molecule has 7 heteroatoms. The molecule has 4 aromatic rings. The molecule has 40 heavy (non-hydrogen) atoms. The first-order chi connectivity index (χ1) is 19.8. The Morgan fingerprint density at radius 3 is 2.20 bits per heavy atom. The summed E-state index contributed by atoms with van der Waals surface area (Å²) in [5.74, 6) is 2.12. The van der Waals surface area contributed by atoms with Crippen LogP contribution in [0, 0.1) is 0 Å². The van der Waals surface area contributed by atoms with Crippen LogP contribution >= 0.6 is 11.8 Å². The van der Waals surface area contributed by atoms with E-state index in [1.165, 1.54) is 11.1 Å². The number of rotatable bonds is 12. The van der Waals surface area contributed by atoms with E-state index in [0.717, 1.165) is 74.4 Å². The van der Waals surface area contributed by atoms with Crippen LogP contribution in [0.15, 0.2) is 102 Å². The Balaban J connectivity index is 1.05. The molecule has 1 fully saturated rings. The largest absolute Gasteiger partial charge is 0.340 e. The molecule has 0 N–H and O–H groups in total. The number of aromatic nitrogens is 3. The Bertz CT molecular complexity index is 1350. The molecule has 2 heterocycles. The van der Waals surface area contributed by atoms with Gasteiger partial charge >= 0.3 is 0 Å². The van der Waals surface area contributed by atoms with Gasteiger partial charge in [-0.2, -0.15) is 0 Å². The first kappa shape index (κ1) is 27.9. The predicted octanol–water partition coefficient (Wildman–Crippen LogP) is 5.98. The fourth-order valence-electron chi connectivity index (χ4n) is 4.90. The number of benzene rings is 3. The molecule has 0 saturated carbocycles. The Hall–Kier alpha value is -3.68. The molecule has 1 aliphatic heterocycles. The summed E-state index contributed by atoms with van der Waals surface area (Å²) in [6, 6.07) is 31.1. The third-order valence-corrected chi connectivity index (χ3v) is 8.15. The summed E-state index contributed by atoms with van der Waals surface area (Å²) in [4.78, 5) is 17.3. The normalized spacial score (nSPS) is 14.2. The van der Waals surface area contributed by atoms with Crippen LogP contribution in [0.25, 0.3) is 11.8 Å². The van der Waals surface area contributed by atoms with Crippen LogP contribution in [0.3, 0.4) is 0 Å². The number of hydrogen-bond donors (Lipinski definition) is 0. The molecule has 6 nitrogen and oxygen atoms in total. The minimum absolute atomic E-state index is 0.280. The molecular formula is C33H37N5OS. The van der Waals surface area contributed by atoms with Gasteiger partial charge in [0.05, 0.1) is 0 Å². The molecule has 1 aliphatic rings. The monoisotopic (exact) mass is 551 g/mol. The third-order valence-electron chi connectivity index (χ3n) is 7.13. The number of unbranched alkanes of at least 4 members (excludes halogenated alkanes) is 1. The van der Waals surface area contributed by atoms with Gasteiger partial charge in [-0.05, 0) is 36.1 Å². The van der Waals surface area contributed by atoms with Crippen LogP contribution in [0.2, 0.25) is 0 Å². The van der Waals surface area contributed by atoms with Gasteiger partial charge in [0.25, 0.3) is 0 Å². The summed E-state index contributed by atoms with van der Waals surface area (Å²) < 4.78 is 2.16. The van der Waals surface area contributed by atoms with Crippen molar-refractivity contribution in [1.29, 1.82) is 0 Å². The fourth-order valence-corrected chi connectivity index (χ4v) is 5.87. The maximum atomic E-state index is 12.8. The molecule has 1 saturated heterocycles. The van der Waals surface area contributed by atoms with Gasteiger partial charge in [-0.3, -0.25) is 14.3 Å². The molecular weight excluding hydrogens is 514 g/mol. The minimum Gasteiger partial charge on any atom is -0.340 e. The standard InChI is InChI=1S/C33H37N5OS/c39-32(37-24-22-36(23-25-37)21-12-17-28-13-4-1-5-14-28)20-10-11-26-40-33-35-34-31(27-29-15-6-2-7-16-29)38(33)30-18-8-3-9-19-30/h1-9,12-19H,10-11,20-27H2. The smallest absolute Gasteiger partial charge is 0.222 e. The van der Waals surface area contributed by atoms with Crippen molar-refractivity contribution in [2.24, 2.45) is 0 Å². The summed E-state index contributed by atoms with van der Waals surface area (Å²) in [5, 5.41) is 9.97. The van der Waals surface area contributed by atoms with Crippen molar-refractivity contribution in [3.63, 3.8) is 0 Å². The molecule has 0 atom stereocenters. The van der Waals surface area contributed by atoms with E-state index in [4.69, 9.17) is 0 Å². The van der Waals surface area contributed by atoms with Gasteiger partial charge in [0.1, 0.15) is 5.82 Å². The van der Waals surface area contributed by atoms with E-state index >= 15 is 0 Å². The molecule has 1 amide bonds. The third kappa shape index (κ3) is 7.93. The highest BCUT2D eigenvalue weighted by Gasteiger charge is 2.20. The van der Waals surface area contributed by atoms with E-state index in [1.807, 2.05) is 35.2 Å². The molecule has 5 rings (SSSR count). The number of amides is 1. The van der Waals surface area contributed by atoms with E-state index in [9.17, 15) is 4.79 Å². The summed E-state index contributed by atoms with van der Waals surface area (Å²) in [6.07, 6.45) is 7.59. The van der Waals surface area contributed by atoms with Crippen molar-refractivity contribution in [3.05, 3.63) is 114 Å². The van der Waals surface area contributed by atoms with Crippen molar-refractivity contribution in [2.45, 2.75) is 30.8 Å². The molecule has 0 aliphatic carbocycles. The second-order valence-corrected chi connectivity index (χ2v) is 11.1. The molecule has 0 bridgehead atoms. The van der Waals surface area contributed by atoms with Crippen LogP contribution in [0.1, 0.15) is 36.2 Å². The number of piperazine rings is 1. The average Bonchev–Trinajstić information content (AvgIpc) is 3.40. The maximum absolute atomic E-state index is 12.8. The van der Waals surface area contributed by atoms with E-state index in [2.05, 4.69) is 92.5 Å². The lowest BCUT2D eigenvalue weighted by atomic mass is 10.1. The van der Waals surface area contributed by atoms with Gasteiger partial charge in [0.2, 0.25) is 5.91 Å². The molecule has 0 spiro atoms. The Labute approximate surface area is 241 Å². The van der Waals surface area contributed by atoms with Crippen molar-refractivity contribution in [3.8, 4) is 5.69 Å². The van der Waals surface area contributed by atoms with Crippen molar-refractivity contribution >= 4 is 23.7 Å². The topological polar surface area (TPSA) is 54.3 Å². The van der Waals surface area contributed by atoms with E-state index in [1.54, 1.807) is 11.8 Å². The van der Waals surface area contributed by atoms with Gasteiger partial charge in [0, 0.05) is 57.0 Å². The van der Waals surface area contributed by atoms with Crippen LogP contribution in [0.5, 0.6) is 0 Å². The molecule has 0 unspecified atom stereocenters. The zero-order chi connectivity index (χ0) is 27.4. The average molecular weight is 552 g/mol. The van der Waals surface area contributed by atoms with E-state index < -0.39 is 0 Å². The van der Waals surface area contributed by atoms with E-state index in [-0.39, 0.29) is 5.91 Å². The van der Waals surface area contributed by atoms with Crippen LogP contribution in [0.4, 0.5) is 0 Å². The summed E-state index contributed by atoms with van der Waals surface area (Å²) in [7, 11) is 0. The fraction of sp³-hybridized carbons (Fsp3) is 0.303. The summed E-state index contributed by atoms with van der Waals surface area (Å²) >= 11 is 1.72. The number of hydrogen-bond acceptors (Lipinski definition) is 5. The van der Waals surface area contributed by atoms with Crippen molar-refractivity contribution in [1.82, 2.24) is 24.6 Å². The van der Waals surface area contributed by atoms with Gasteiger partial charge in [-0.1, -0.05) is 103 Å². The molecule has 206 valence electrons. The number of carbonyl (C=O) groups excluding carboxylic acids is 1. The van der Waals surface area contributed by atoms with Crippen LogP contribution in [-0.4, -0.2) is 68.9 Å². The highest BCUT2D eigenvalue weighted by Crippen LogP contribution is 2.24. The lowest BCUT2D eigenvalue weighted by molar-refractivity contribution is -0.132. The Morgan fingerprint density at radius 1 is 0.800 bits per heavy atom. The lowest BCUT2D eigenvalue weighted by Gasteiger charge is -2.34. The van der Waals surface area contributed by atoms with Crippen molar-refractivity contribution < 1.29 is 4.79 Å². The lowest BCUT2D eigenvalue weighted by Crippen LogP contribution is -2.48. The number of nitrogens with zero attached hydrogens (tertiary/aromatic N) is 5. The maximum Gasteiger partial charge on any atom is 0.222 e. The second kappa shape index (κ2) is 14.6. The SMILES string of the molecule is O=C(CCCCSc1nnc(Cc2ccccc2)n1-c1ccccc1)N1CCN(CC=Cc2ccccc2)CC1. The predicted molar refractivity (Wildman–Crippen MR) is 164 cm³/mol. The highest BCUT2D eigenvalue weighted by atomic mass is 32.2. The zero-order valence-corrected chi connectivity index (χ0v) is 23.8. The van der Waals surface area contributed by atoms with Crippen LogP contribution in [-0.2, 0) is 11.2 Å². The molecule has 1 aromatic heterocycles. The zero-order valence-electron chi connectivity index (χ0n) is 22.9. The van der Waals surface area contributed by atoms with E-state index in [0.29, 0.717) is 6.42 Å². The highest BCUT2D eigenvalue weighted by molar-refractivity contribution is 7.99. The number of para-hydroxylation sites is 1. The number of thioether (sulfide) groups is 1. The first-order valence-corrected chi connectivity index (χ1v) is 15.1. The van der Waals surface area contributed by atoms with Crippen LogP contribution < -0.4 is 0 Å². The molecule has 0 radical (unpaired) electrons. The molecule has 3 aromatic carbocycles. The second-order valence-electron chi connectivity index (χ2n) is 10.0.